The van der Waals surface area contributed by atoms with Crippen LogP contribution in [0.25, 0.3) is 0 Å². The Morgan fingerprint density at radius 2 is 2.00 bits per heavy atom. The molecule has 7 nitrogen and oxygen atoms in total. The van der Waals surface area contributed by atoms with Crippen LogP contribution < -0.4 is 10.2 Å². The summed E-state index contributed by atoms with van der Waals surface area (Å²) >= 11 is 6.02. The number of nitrogens with zero attached hydrogens (tertiary/aromatic N) is 4. The van der Waals surface area contributed by atoms with E-state index in [1.807, 2.05) is 0 Å². The fourth-order valence-electron chi connectivity index (χ4n) is 2.48. The maximum Gasteiger partial charge on any atom is 0.252 e. The first-order valence-corrected chi connectivity index (χ1v) is 8.43. The fraction of sp³-hybridized carbons (Fsp3) is 0.222. The van der Waals surface area contributed by atoms with Crippen molar-refractivity contribution in [1.82, 2.24) is 20.4 Å². The highest BCUT2D eigenvalue weighted by molar-refractivity contribution is 6.29. The SMILES string of the molecule is Cc1nc([C@H](NC(=O)c2cc(Cl)nc(N(C)C)c2)c2ccccc2F)no1. The maximum atomic E-state index is 14.3. The monoisotopic (exact) mass is 389 g/mol. The number of halogens is 2. The number of aryl methyl sites for hydroxylation is 1. The van der Waals surface area contributed by atoms with Crippen molar-refractivity contribution in [3.8, 4) is 0 Å². The first-order chi connectivity index (χ1) is 12.8. The van der Waals surface area contributed by atoms with Crippen LogP contribution in [-0.2, 0) is 0 Å². The zero-order chi connectivity index (χ0) is 19.6. The molecule has 0 saturated heterocycles. The Morgan fingerprint density at radius 1 is 1.26 bits per heavy atom. The molecule has 0 aliphatic carbocycles. The molecule has 0 radical (unpaired) electrons. The first-order valence-electron chi connectivity index (χ1n) is 8.05. The average molecular weight is 390 g/mol. The summed E-state index contributed by atoms with van der Waals surface area (Å²) in [6.07, 6.45) is 0. The predicted octanol–water partition coefficient (Wildman–Crippen LogP) is 3.15. The minimum atomic E-state index is -0.925. The Hall–Kier alpha value is -3.00. The van der Waals surface area contributed by atoms with Crippen LogP contribution in [0.5, 0.6) is 0 Å². The van der Waals surface area contributed by atoms with Crippen LogP contribution in [0.15, 0.2) is 40.9 Å². The van der Waals surface area contributed by atoms with Gasteiger partial charge in [0.05, 0.1) is 0 Å². The fourth-order valence-corrected chi connectivity index (χ4v) is 2.68. The van der Waals surface area contributed by atoms with Gasteiger partial charge < -0.3 is 14.7 Å². The summed E-state index contributed by atoms with van der Waals surface area (Å²) in [7, 11) is 3.56. The minimum absolute atomic E-state index is 0.152. The van der Waals surface area contributed by atoms with E-state index in [4.69, 9.17) is 16.1 Å². The van der Waals surface area contributed by atoms with E-state index in [-0.39, 0.29) is 22.1 Å². The van der Waals surface area contributed by atoms with E-state index in [1.54, 1.807) is 50.2 Å². The smallest absolute Gasteiger partial charge is 0.252 e. The van der Waals surface area contributed by atoms with Crippen LogP contribution in [0.4, 0.5) is 10.2 Å². The highest BCUT2D eigenvalue weighted by atomic mass is 35.5. The number of hydrogen-bond donors (Lipinski definition) is 1. The molecule has 0 fully saturated rings. The van der Waals surface area contributed by atoms with Crippen molar-refractivity contribution in [2.24, 2.45) is 0 Å². The molecule has 2 heterocycles. The van der Waals surface area contributed by atoms with Crippen LogP contribution in [-0.4, -0.2) is 35.1 Å². The number of nitrogens with one attached hydrogen (secondary N) is 1. The molecule has 0 saturated carbocycles. The second-order valence-corrected chi connectivity index (χ2v) is 6.42. The molecule has 0 aliphatic rings. The van der Waals surface area contributed by atoms with Crippen LogP contribution in [0.1, 0.15) is 33.7 Å². The van der Waals surface area contributed by atoms with E-state index in [1.165, 1.54) is 12.1 Å². The summed E-state index contributed by atoms with van der Waals surface area (Å²) in [6.45, 7) is 1.61. The Labute approximate surface area is 160 Å². The molecule has 9 heteroatoms. The lowest BCUT2D eigenvalue weighted by molar-refractivity contribution is 0.0940. The molecule has 1 aromatic carbocycles. The summed E-state index contributed by atoms with van der Waals surface area (Å²) in [6, 6.07) is 8.17. The van der Waals surface area contributed by atoms with Gasteiger partial charge in [0.2, 0.25) is 5.89 Å². The van der Waals surface area contributed by atoms with Crippen LogP contribution in [0.3, 0.4) is 0 Å². The highest BCUT2D eigenvalue weighted by Gasteiger charge is 2.25. The standard InChI is InChI=1S/C18H17ClFN5O2/c1-10-21-17(24-27-10)16(12-6-4-5-7-13(12)20)23-18(26)11-8-14(19)22-15(9-11)25(2)3/h4-9,16H,1-3H3,(H,23,26)/t16-/m1/s1. The molecule has 3 aromatic rings. The van der Waals surface area contributed by atoms with Gasteiger partial charge in [-0.2, -0.15) is 4.98 Å². The summed E-state index contributed by atoms with van der Waals surface area (Å²) in [4.78, 5) is 22.8. The van der Waals surface area contributed by atoms with Crippen LogP contribution in [0, 0.1) is 12.7 Å². The number of anilines is 1. The Bertz CT molecular complexity index is 976. The van der Waals surface area contributed by atoms with Crippen molar-refractivity contribution in [3.63, 3.8) is 0 Å². The van der Waals surface area contributed by atoms with E-state index < -0.39 is 17.8 Å². The zero-order valence-corrected chi connectivity index (χ0v) is 15.7. The molecule has 1 atom stereocenters. The number of aromatic nitrogens is 3. The van der Waals surface area contributed by atoms with Gasteiger partial charge in [0.25, 0.3) is 5.91 Å². The van der Waals surface area contributed by atoms with Gasteiger partial charge in [-0.25, -0.2) is 9.37 Å². The third-order valence-electron chi connectivity index (χ3n) is 3.79. The minimum Gasteiger partial charge on any atom is -0.363 e. The lowest BCUT2D eigenvalue weighted by Crippen LogP contribution is -2.31. The average Bonchev–Trinajstić information content (AvgIpc) is 3.05. The molecule has 1 amide bonds. The predicted molar refractivity (Wildman–Crippen MR) is 98.3 cm³/mol. The molecule has 1 N–H and O–H groups in total. The first kappa shape index (κ1) is 18.8. The molecule has 140 valence electrons. The molecule has 2 aromatic heterocycles. The molecule has 0 spiro atoms. The van der Waals surface area contributed by atoms with Gasteiger partial charge in [-0.05, 0) is 18.2 Å². The van der Waals surface area contributed by atoms with Crippen molar-refractivity contribution in [3.05, 3.63) is 70.2 Å². The van der Waals surface area contributed by atoms with E-state index in [2.05, 4.69) is 20.4 Å². The third kappa shape index (κ3) is 4.22. The Balaban J connectivity index is 1.98. The second kappa shape index (κ2) is 7.71. The number of carbonyl (C=O) groups is 1. The largest absolute Gasteiger partial charge is 0.363 e. The van der Waals surface area contributed by atoms with E-state index >= 15 is 0 Å². The number of carbonyl (C=O) groups excluding carboxylic acids is 1. The molecular formula is C18H17ClFN5O2. The lowest BCUT2D eigenvalue weighted by Gasteiger charge is -2.18. The van der Waals surface area contributed by atoms with Gasteiger partial charge in [-0.3, -0.25) is 4.79 Å². The van der Waals surface area contributed by atoms with Crippen molar-refractivity contribution in [2.75, 3.05) is 19.0 Å². The number of pyridine rings is 1. The van der Waals surface area contributed by atoms with E-state index in [9.17, 15) is 9.18 Å². The van der Waals surface area contributed by atoms with Gasteiger partial charge in [-0.15, -0.1) is 0 Å². The van der Waals surface area contributed by atoms with Gasteiger partial charge in [-0.1, -0.05) is 35.0 Å². The van der Waals surface area contributed by atoms with Gasteiger partial charge in [0.15, 0.2) is 5.82 Å². The molecule has 0 bridgehead atoms. The number of benzene rings is 1. The van der Waals surface area contributed by atoms with Crippen molar-refractivity contribution >= 4 is 23.3 Å². The molecule has 27 heavy (non-hydrogen) atoms. The van der Waals surface area contributed by atoms with Crippen molar-refractivity contribution in [1.29, 1.82) is 0 Å². The Kier molecular flexibility index (Phi) is 5.36. The maximum absolute atomic E-state index is 14.3. The summed E-state index contributed by atoms with van der Waals surface area (Å²) < 4.78 is 19.3. The van der Waals surface area contributed by atoms with E-state index in [0.29, 0.717) is 11.7 Å². The van der Waals surface area contributed by atoms with E-state index in [0.717, 1.165) is 0 Å². The summed E-state index contributed by atoms with van der Waals surface area (Å²) in [5, 5.41) is 6.74. The third-order valence-corrected chi connectivity index (χ3v) is 3.99. The number of hydrogen-bond acceptors (Lipinski definition) is 6. The van der Waals surface area contributed by atoms with Crippen molar-refractivity contribution in [2.45, 2.75) is 13.0 Å². The molecular weight excluding hydrogens is 373 g/mol. The summed E-state index contributed by atoms with van der Waals surface area (Å²) in [5.41, 5.74) is 0.500. The van der Waals surface area contributed by atoms with Crippen LogP contribution >= 0.6 is 11.6 Å². The Morgan fingerprint density at radius 3 is 2.63 bits per heavy atom. The molecule has 0 aliphatic heterocycles. The van der Waals surface area contributed by atoms with Gasteiger partial charge in [0.1, 0.15) is 22.8 Å². The highest BCUT2D eigenvalue weighted by Crippen LogP contribution is 2.24. The second-order valence-electron chi connectivity index (χ2n) is 6.03. The quantitative estimate of drug-likeness (QED) is 0.675. The lowest BCUT2D eigenvalue weighted by atomic mass is 10.0. The molecule has 0 unspecified atom stereocenters. The van der Waals surface area contributed by atoms with Crippen LogP contribution in [0.2, 0.25) is 5.15 Å². The van der Waals surface area contributed by atoms with Gasteiger partial charge >= 0.3 is 0 Å². The topological polar surface area (TPSA) is 84.2 Å². The zero-order valence-electron chi connectivity index (χ0n) is 14.9. The molecule has 3 rings (SSSR count). The number of amides is 1. The normalized spacial score (nSPS) is 11.9. The number of rotatable bonds is 5. The summed E-state index contributed by atoms with van der Waals surface area (Å²) in [5.74, 6) is 0.0111. The van der Waals surface area contributed by atoms with Gasteiger partial charge in [0, 0.05) is 32.1 Å². The van der Waals surface area contributed by atoms with Crippen molar-refractivity contribution < 1.29 is 13.7 Å².